The molecule has 0 bridgehead atoms. The average Bonchev–Trinajstić information content (AvgIpc) is 2.83. The molecule has 0 saturated heterocycles. The van der Waals surface area contributed by atoms with Crippen LogP contribution in [0.5, 0.6) is 5.75 Å². The van der Waals surface area contributed by atoms with Crippen LogP contribution in [0.2, 0.25) is 0 Å². The molecule has 0 saturated carbocycles. The maximum absolute atomic E-state index is 13.0. The first kappa shape index (κ1) is 23.4. The normalized spacial score (nSPS) is 15.9. The molecule has 0 aliphatic carbocycles. The highest BCUT2D eigenvalue weighted by molar-refractivity contribution is 6.06. The Morgan fingerprint density at radius 1 is 1.00 bits per heavy atom. The lowest BCUT2D eigenvalue weighted by Gasteiger charge is -2.35. The molecule has 2 aromatic carbocycles. The van der Waals surface area contributed by atoms with E-state index in [-0.39, 0.29) is 28.8 Å². The zero-order valence-electron chi connectivity index (χ0n) is 18.9. The summed E-state index contributed by atoms with van der Waals surface area (Å²) in [5.41, 5.74) is 7.47. The summed E-state index contributed by atoms with van der Waals surface area (Å²) in [7, 11) is 2.42. The van der Waals surface area contributed by atoms with Crippen molar-refractivity contribution in [3.63, 3.8) is 0 Å². The first-order valence-electron chi connectivity index (χ1n) is 10.3. The minimum atomic E-state index is -0.905. The van der Waals surface area contributed by atoms with Crippen molar-refractivity contribution in [1.82, 2.24) is 0 Å². The Balaban J connectivity index is 2.30. The van der Waals surface area contributed by atoms with Crippen LogP contribution in [-0.2, 0) is 19.1 Å². The summed E-state index contributed by atoms with van der Waals surface area (Å²) in [4.78, 5) is 27.3. The number of hydrogen-bond acceptors (Lipinski definition) is 8. The number of benzene rings is 2. The number of allylic oxidation sites excluding steroid dienone is 1. The number of nitrogens with two attached hydrogens (primary N) is 1. The molecule has 0 amide bonds. The molecular formula is C25H25N3O5. The molecule has 8 nitrogen and oxygen atoms in total. The summed E-state index contributed by atoms with van der Waals surface area (Å²) < 4.78 is 15.7. The van der Waals surface area contributed by atoms with Crippen LogP contribution in [0.1, 0.15) is 25.3 Å². The number of hydrogen-bond donors (Lipinski definition) is 1. The fourth-order valence-electron chi connectivity index (χ4n) is 3.73. The van der Waals surface area contributed by atoms with Gasteiger partial charge in [0.15, 0.2) is 0 Å². The Hall–Kier alpha value is -4.25. The second kappa shape index (κ2) is 9.92. The smallest absolute Gasteiger partial charge is 0.355 e. The first-order valence-corrected chi connectivity index (χ1v) is 10.3. The van der Waals surface area contributed by atoms with Crippen molar-refractivity contribution < 1.29 is 23.8 Å². The largest absolute Gasteiger partial charge is 0.491 e. The highest BCUT2D eigenvalue weighted by atomic mass is 16.5. The van der Waals surface area contributed by atoms with E-state index in [0.717, 1.165) is 0 Å². The number of ether oxygens (including phenoxy) is 3. The summed E-state index contributed by atoms with van der Waals surface area (Å²) in [5, 5.41) is 10.0. The molecule has 2 N–H and O–H groups in total. The zero-order valence-corrected chi connectivity index (χ0v) is 18.9. The van der Waals surface area contributed by atoms with Gasteiger partial charge in [-0.25, -0.2) is 9.59 Å². The van der Waals surface area contributed by atoms with Gasteiger partial charge in [-0.15, -0.1) is 0 Å². The van der Waals surface area contributed by atoms with Gasteiger partial charge in [-0.2, -0.15) is 5.26 Å². The van der Waals surface area contributed by atoms with E-state index in [0.29, 0.717) is 17.0 Å². The second-order valence-corrected chi connectivity index (χ2v) is 7.50. The molecule has 0 aromatic heterocycles. The summed E-state index contributed by atoms with van der Waals surface area (Å²) in [6.45, 7) is 3.81. The van der Waals surface area contributed by atoms with E-state index in [4.69, 9.17) is 19.9 Å². The van der Waals surface area contributed by atoms with E-state index in [1.807, 2.05) is 13.8 Å². The van der Waals surface area contributed by atoms with Gasteiger partial charge in [-0.1, -0.05) is 30.3 Å². The van der Waals surface area contributed by atoms with Gasteiger partial charge in [0.25, 0.3) is 0 Å². The summed E-state index contributed by atoms with van der Waals surface area (Å²) >= 11 is 0. The van der Waals surface area contributed by atoms with Crippen LogP contribution in [0, 0.1) is 11.3 Å². The number of esters is 2. The van der Waals surface area contributed by atoms with Gasteiger partial charge in [-0.3, -0.25) is 4.90 Å². The van der Waals surface area contributed by atoms with E-state index in [1.54, 1.807) is 54.6 Å². The van der Waals surface area contributed by atoms with Gasteiger partial charge in [0.05, 0.1) is 43.5 Å². The molecule has 8 heteroatoms. The molecular weight excluding hydrogens is 422 g/mol. The number of nitriles is 1. The molecule has 1 heterocycles. The topological polar surface area (TPSA) is 115 Å². The summed E-state index contributed by atoms with van der Waals surface area (Å²) in [5.74, 6) is -1.84. The Kier molecular flexibility index (Phi) is 7.04. The molecule has 0 fully saturated rings. The van der Waals surface area contributed by atoms with Gasteiger partial charge in [0.2, 0.25) is 0 Å². The monoisotopic (exact) mass is 447 g/mol. The summed E-state index contributed by atoms with van der Waals surface area (Å²) in [6.07, 6.45) is -0.0240. The van der Waals surface area contributed by atoms with E-state index < -0.39 is 17.9 Å². The van der Waals surface area contributed by atoms with Gasteiger partial charge in [-0.05, 0) is 43.7 Å². The third kappa shape index (κ3) is 4.53. The van der Waals surface area contributed by atoms with Crippen LogP contribution in [0.15, 0.2) is 77.3 Å². The molecule has 170 valence electrons. The van der Waals surface area contributed by atoms with Crippen molar-refractivity contribution in [2.24, 2.45) is 5.73 Å². The highest BCUT2D eigenvalue weighted by Gasteiger charge is 2.42. The van der Waals surface area contributed by atoms with Crippen LogP contribution in [0.25, 0.3) is 0 Å². The van der Waals surface area contributed by atoms with E-state index in [9.17, 15) is 14.9 Å². The van der Waals surface area contributed by atoms with Crippen molar-refractivity contribution in [2.45, 2.75) is 25.9 Å². The lowest BCUT2D eigenvalue weighted by Crippen LogP contribution is -2.40. The Bertz CT molecular complexity index is 1140. The third-order valence-electron chi connectivity index (χ3n) is 5.08. The van der Waals surface area contributed by atoms with Crippen molar-refractivity contribution in [3.8, 4) is 11.8 Å². The van der Waals surface area contributed by atoms with Crippen molar-refractivity contribution in [2.75, 3.05) is 19.1 Å². The second-order valence-electron chi connectivity index (χ2n) is 7.50. The number of anilines is 1. The Morgan fingerprint density at radius 2 is 1.61 bits per heavy atom. The van der Waals surface area contributed by atoms with Crippen molar-refractivity contribution in [1.29, 1.82) is 5.26 Å². The average molecular weight is 447 g/mol. The SMILES string of the molecule is COC(=O)C1=C(C(=O)OC)N(c2ccc(OC(C)C)cc2)C(N)=C(C#N)C1c1ccccc1. The molecule has 1 atom stereocenters. The van der Waals surface area contributed by atoms with Gasteiger partial charge in [0, 0.05) is 5.69 Å². The zero-order chi connectivity index (χ0) is 24.1. The maximum atomic E-state index is 13.0. The quantitative estimate of drug-likeness (QED) is 0.670. The van der Waals surface area contributed by atoms with Gasteiger partial charge in [0.1, 0.15) is 17.3 Å². The molecule has 2 aromatic rings. The Labute approximate surface area is 192 Å². The molecule has 1 unspecified atom stereocenters. The standard InChI is InChI=1S/C25H25N3O5/c1-15(2)33-18-12-10-17(11-13-18)28-22(25(30)32-4)21(24(29)31-3)20(19(14-26)23(28)27)16-8-6-5-7-9-16/h5-13,15,20H,27H2,1-4H3. The first-order chi connectivity index (χ1) is 15.8. The fourth-order valence-corrected chi connectivity index (χ4v) is 3.73. The van der Waals surface area contributed by atoms with Crippen LogP contribution >= 0.6 is 0 Å². The fraction of sp³-hybridized carbons (Fsp3) is 0.240. The van der Waals surface area contributed by atoms with E-state index in [2.05, 4.69) is 6.07 Å². The van der Waals surface area contributed by atoms with E-state index in [1.165, 1.54) is 19.1 Å². The van der Waals surface area contributed by atoms with Gasteiger partial charge < -0.3 is 19.9 Å². The molecule has 3 rings (SSSR count). The Morgan fingerprint density at radius 3 is 2.12 bits per heavy atom. The van der Waals surface area contributed by atoms with Crippen LogP contribution in [0.4, 0.5) is 5.69 Å². The number of carbonyl (C=O) groups is 2. The number of carbonyl (C=O) groups excluding carboxylic acids is 2. The third-order valence-corrected chi connectivity index (χ3v) is 5.08. The van der Waals surface area contributed by atoms with Crippen molar-refractivity contribution >= 4 is 17.6 Å². The van der Waals surface area contributed by atoms with E-state index >= 15 is 0 Å². The minimum absolute atomic E-state index is 0.0111. The molecule has 1 aliphatic heterocycles. The predicted molar refractivity (Wildman–Crippen MR) is 122 cm³/mol. The molecule has 33 heavy (non-hydrogen) atoms. The molecule has 0 spiro atoms. The highest BCUT2D eigenvalue weighted by Crippen LogP contribution is 2.43. The molecule has 1 aliphatic rings. The number of methoxy groups -OCH3 is 2. The van der Waals surface area contributed by atoms with Gasteiger partial charge >= 0.3 is 11.9 Å². The summed E-state index contributed by atoms with van der Waals surface area (Å²) in [6, 6.07) is 17.8. The van der Waals surface area contributed by atoms with Crippen molar-refractivity contribution in [3.05, 3.63) is 82.8 Å². The predicted octanol–water partition coefficient (Wildman–Crippen LogP) is 3.37. The molecule has 0 radical (unpaired) electrons. The lowest BCUT2D eigenvalue weighted by atomic mass is 9.81. The van der Waals surface area contributed by atoms with Crippen LogP contribution in [-0.4, -0.2) is 32.3 Å². The number of rotatable bonds is 6. The van der Waals surface area contributed by atoms with Crippen LogP contribution in [0.3, 0.4) is 0 Å². The minimum Gasteiger partial charge on any atom is -0.491 e. The maximum Gasteiger partial charge on any atom is 0.355 e. The number of nitrogens with zero attached hydrogens (tertiary/aromatic N) is 2. The van der Waals surface area contributed by atoms with Crippen LogP contribution < -0.4 is 15.4 Å². The lowest BCUT2D eigenvalue weighted by molar-refractivity contribution is -0.139.